The second-order valence-electron chi connectivity index (χ2n) is 5.36. The molecule has 20 heavy (non-hydrogen) atoms. The van der Waals surface area contributed by atoms with Gasteiger partial charge in [0.05, 0.1) is 17.6 Å². The lowest BCUT2D eigenvalue weighted by Gasteiger charge is -2.23. The van der Waals surface area contributed by atoms with E-state index in [0.717, 1.165) is 17.7 Å². The largest absolute Gasteiger partial charge is 0.478 e. The predicted molar refractivity (Wildman–Crippen MR) is 73.0 cm³/mol. The Labute approximate surface area is 117 Å². The molecule has 1 saturated heterocycles. The monoisotopic (exact) mass is 275 g/mol. The maximum Gasteiger partial charge on any atom is 0.335 e. The topological polar surface area (TPSA) is 66.8 Å². The summed E-state index contributed by atoms with van der Waals surface area (Å²) in [5.74, 6) is -0.924. The standard InChI is InChI=1S/C15H17NO4/c1-9-12(5-7-20-9)14(17)16-6-4-10-8-11(15(18)19)2-3-13(10)16/h2-3,8-9,12H,4-7H2,1H3,(H,18,19). The number of ether oxygens (including phenoxy) is 1. The summed E-state index contributed by atoms with van der Waals surface area (Å²) < 4.78 is 5.46. The number of anilines is 1. The average molecular weight is 275 g/mol. The molecule has 2 atom stereocenters. The summed E-state index contributed by atoms with van der Waals surface area (Å²) in [6.07, 6.45) is 1.44. The molecule has 1 fully saturated rings. The van der Waals surface area contributed by atoms with Gasteiger partial charge in [-0.15, -0.1) is 0 Å². The number of aromatic carboxylic acids is 1. The Morgan fingerprint density at radius 2 is 2.20 bits per heavy atom. The summed E-state index contributed by atoms with van der Waals surface area (Å²) in [4.78, 5) is 25.3. The van der Waals surface area contributed by atoms with Gasteiger partial charge in [-0.05, 0) is 43.5 Å². The smallest absolute Gasteiger partial charge is 0.335 e. The zero-order valence-corrected chi connectivity index (χ0v) is 11.3. The lowest BCUT2D eigenvalue weighted by atomic mass is 10.0. The van der Waals surface area contributed by atoms with Gasteiger partial charge in [0.25, 0.3) is 0 Å². The molecule has 0 bridgehead atoms. The summed E-state index contributed by atoms with van der Waals surface area (Å²) in [5, 5.41) is 9.00. The van der Waals surface area contributed by atoms with Crippen molar-refractivity contribution in [3.8, 4) is 0 Å². The van der Waals surface area contributed by atoms with Crippen LogP contribution in [-0.2, 0) is 16.0 Å². The van der Waals surface area contributed by atoms with Crippen molar-refractivity contribution in [2.75, 3.05) is 18.1 Å². The molecule has 106 valence electrons. The van der Waals surface area contributed by atoms with Gasteiger partial charge in [-0.1, -0.05) is 0 Å². The van der Waals surface area contributed by atoms with Gasteiger partial charge in [0.2, 0.25) is 5.91 Å². The Bertz CT molecular complexity index is 569. The number of carbonyl (C=O) groups is 2. The second kappa shape index (κ2) is 4.90. The highest BCUT2D eigenvalue weighted by molar-refractivity contribution is 5.98. The van der Waals surface area contributed by atoms with Crippen LogP contribution in [0.2, 0.25) is 0 Å². The Hall–Kier alpha value is -1.88. The molecule has 0 aliphatic carbocycles. The zero-order chi connectivity index (χ0) is 14.3. The van der Waals surface area contributed by atoms with Crippen molar-refractivity contribution in [3.63, 3.8) is 0 Å². The second-order valence-corrected chi connectivity index (χ2v) is 5.36. The first-order chi connectivity index (χ1) is 9.58. The maximum atomic E-state index is 12.6. The lowest BCUT2D eigenvalue weighted by molar-refractivity contribution is -0.123. The van der Waals surface area contributed by atoms with E-state index in [-0.39, 0.29) is 23.5 Å². The number of carbonyl (C=O) groups excluding carboxylic acids is 1. The number of carboxylic acids is 1. The van der Waals surface area contributed by atoms with Gasteiger partial charge >= 0.3 is 5.97 Å². The first kappa shape index (κ1) is 13.1. The van der Waals surface area contributed by atoms with E-state index in [1.54, 1.807) is 23.1 Å². The van der Waals surface area contributed by atoms with Crippen LogP contribution in [0.4, 0.5) is 5.69 Å². The van der Waals surface area contributed by atoms with E-state index in [2.05, 4.69) is 0 Å². The Morgan fingerprint density at radius 3 is 2.85 bits per heavy atom. The van der Waals surface area contributed by atoms with E-state index in [4.69, 9.17) is 9.84 Å². The van der Waals surface area contributed by atoms with Crippen molar-refractivity contribution in [2.45, 2.75) is 25.9 Å². The van der Waals surface area contributed by atoms with E-state index in [9.17, 15) is 9.59 Å². The summed E-state index contributed by atoms with van der Waals surface area (Å²) in [6.45, 7) is 3.19. The summed E-state index contributed by atoms with van der Waals surface area (Å²) >= 11 is 0. The predicted octanol–water partition coefficient (Wildman–Crippen LogP) is 1.70. The minimum atomic E-state index is -0.935. The molecule has 0 radical (unpaired) electrons. The highest BCUT2D eigenvalue weighted by Crippen LogP contribution is 2.32. The van der Waals surface area contributed by atoms with Gasteiger partial charge in [0.1, 0.15) is 0 Å². The molecule has 2 aliphatic heterocycles. The highest BCUT2D eigenvalue weighted by atomic mass is 16.5. The number of nitrogens with zero attached hydrogens (tertiary/aromatic N) is 1. The van der Waals surface area contributed by atoms with Crippen molar-refractivity contribution in [2.24, 2.45) is 5.92 Å². The van der Waals surface area contributed by atoms with E-state index in [1.807, 2.05) is 6.92 Å². The van der Waals surface area contributed by atoms with Crippen LogP contribution in [0.1, 0.15) is 29.3 Å². The maximum absolute atomic E-state index is 12.6. The molecule has 3 rings (SSSR count). The molecular formula is C15H17NO4. The number of rotatable bonds is 2. The molecule has 5 heteroatoms. The zero-order valence-electron chi connectivity index (χ0n) is 11.3. The minimum absolute atomic E-state index is 0.0372. The van der Waals surface area contributed by atoms with Crippen LogP contribution in [0.5, 0.6) is 0 Å². The van der Waals surface area contributed by atoms with Crippen molar-refractivity contribution in [3.05, 3.63) is 29.3 Å². The molecule has 0 saturated carbocycles. The molecule has 0 spiro atoms. The normalized spacial score (nSPS) is 24.8. The SMILES string of the molecule is CC1OCCC1C(=O)N1CCc2cc(C(=O)O)ccc21. The fraction of sp³-hybridized carbons (Fsp3) is 0.467. The van der Waals surface area contributed by atoms with Crippen LogP contribution in [0.3, 0.4) is 0 Å². The lowest BCUT2D eigenvalue weighted by Crippen LogP contribution is -2.37. The van der Waals surface area contributed by atoms with Gasteiger partial charge in [0, 0.05) is 18.8 Å². The number of benzene rings is 1. The van der Waals surface area contributed by atoms with Crippen LogP contribution in [0.25, 0.3) is 0 Å². The molecular weight excluding hydrogens is 258 g/mol. The van der Waals surface area contributed by atoms with Crippen molar-refractivity contribution < 1.29 is 19.4 Å². The van der Waals surface area contributed by atoms with Crippen LogP contribution in [0, 0.1) is 5.92 Å². The number of carboxylic acid groups (broad SMARTS) is 1. The summed E-state index contributed by atoms with van der Waals surface area (Å²) in [6, 6.07) is 4.96. The van der Waals surface area contributed by atoms with Gasteiger partial charge in [-0.2, -0.15) is 0 Å². The average Bonchev–Trinajstić information content (AvgIpc) is 3.03. The number of fused-ring (bicyclic) bond motifs is 1. The summed E-state index contributed by atoms with van der Waals surface area (Å²) in [5.41, 5.74) is 2.06. The number of hydrogen-bond donors (Lipinski definition) is 1. The Balaban J connectivity index is 1.86. The van der Waals surface area contributed by atoms with Gasteiger partial charge < -0.3 is 14.7 Å². The highest BCUT2D eigenvalue weighted by Gasteiger charge is 2.36. The fourth-order valence-corrected chi connectivity index (χ4v) is 3.02. The van der Waals surface area contributed by atoms with Gasteiger partial charge in [-0.25, -0.2) is 4.79 Å². The van der Waals surface area contributed by atoms with Crippen molar-refractivity contribution in [1.82, 2.24) is 0 Å². The third-order valence-electron chi connectivity index (χ3n) is 4.18. The summed E-state index contributed by atoms with van der Waals surface area (Å²) in [7, 11) is 0. The third-order valence-corrected chi connectivity index (χ3v) is 4.18. The van der Waals surface area contributed by atoms with Crippen molar-refractivity contribution in [1.29, 1.82) is 0 Å². The molecule has 1 amide bonds. The van der Waals surface area contributed by atoms with Crippen molar-refractivity contribution >= 4 is 17.6 Å². The first-order valence-corrected chi connectivity index (χ1v) is 6.87. The molecule has 2 unspecified atom stereocenters. The van der Waals surface area contributed by atoms with E-state index < -0.39 is 5.97 Å². The van der Waals surface area contributed by atoms with E-state index >= 15 is 0 Å². The number of hydrogen-bond acceptors (Lipinski definition) is 3. The fourth-order valence-electron chi connectivity index (χ4n) is 3.02. The van der Waals surface area contributed by atoms with Crippen LogP contribution in [-0.4, -0.2) is 36.2 Å². The molecule has 2 heterocycles. The van der Waals surface area contributed by atoms with Gasteiger partial charge in [-0.3, -0.25) is 4.79 Å². The van der Waals surface area contributed by atoms with Gasteiger partial charge in [0.15, 0.2) is 0 Å². The molecule has 1 aromatic rings. The quantitative estimate of drug-likeness (QED) is 0.892. The molecule has 5 nitrogen and oxygen atoms in total. The Morgan fingerprint density at radius 1 is 1.40 bits per heavy atom. The molecule has 1 aromatic carbocycles. The number of amides is 1. The van der Waals surface area contributed by atoms with Crippen LogP contribution >= 0.6 is 0 Å². The van der Waals surface area contributed by atoms with Crippen LogP contribution < -0.4 is 4.90 Å². The molecule has 2 aliphatic rings. The molecule has 1 N–H and O–H groups in total. The van der Waals surface area contributed by atoms with E-state index in [0.29, 0.717) is 19.6 Å². The minimum Gasteiger partial charge on any atom is -0.478 e. The van der Waals surface area contributed by atoms with E-state index in [1.165, 1.54) is 0 Å². The Kier molecular flexibility index (Phi) is 3.22. The third kappa shape index (κ3) is 2.08. The van der Waals surface area contributed by atoms with Crippen LogP contribution in [0.15, 0.2) is 18.2 Å². The molecule has 0 aromatic heterocycles. The first-order valence-electron chi connectivity index (χ1n) is 6.87.